The molecule has 1 saturated carbocycles. The Labute approximate surface area is 130 Å². The van der Waals surface area contributed by atoms with Crippen LogP contribution in [0, 0.1) is 5.92 Å². The highest BCUT2D eigenvalue weighted by Crippen LogP contribution is 2.28. The van der Waals surface area contributed by atoms with Crippen LogP contribution in [0.5, 0.6) is 5.75 Å². The largest absolute Gasteiger partial charge is 0.573 e. The fourth-order valence-electron chi connectivity index (χ4n) is 1.95. The van der Waals surface area contributed by atoms with Crippen LogP contribution < -0.4 is 10.1 Å². The van der Waals surface area contributed by atoms with E-state index in [4.69, 9.17) is 4.74 Å². The Bertz CT molecular complexity index is 567. The highest BCUT2D eigenvalue weighted by atomic mass is 19.4. The molecule has 0 heterocycles. The molecule has 1 unspecified atom stereocenters. The molecule has 1 aromatic carbocycles. The molecule has 1 N–H and O–H groups in total. The van der Waals surface area contributed by atoms with Crippen LogP contribution in [-0.4, -0.2) is 24.3 Å². The van der Waals surface area contributed by atoms with Crippen molar-refractivity contribution in [2.45, 2.75) is 38.7 Å². The maximum atomic E-state index is 12.0. The fraction of sp³-hybridized carbons (Fsp3) is 0.467. The third kappa shape index (κ3) is 5.15. The summed E-state index contributed by atoms with van der Waals surface area (Å²) in [5.41, 5.74) is 0.274. The zero-order valence-corrected chi connectivity index (χ0v) is 12.4. The summed E-state index contributed by atoms with van der Waals surface area (Å²) in [5.74, 6) is -1.47. The van der Waals surface area contributed by atoms with E-state index in [1.165, 1.54) is 19.1 Å². The quantitative estimate of drug-likeness (QED) is 0.841. The van der Waals surface area contributed by atoms with E-state index in [-0.39, 0.29) is 17.4 Å². The molecule has 1 fully saturated rings. The average molecular weight is 331 g/mol. The van der Waals surface area contributed by atoms with E-state index in [1.54, 1.807) is 0 Å². The van der Waals surface area contributed by atoms with Gasteiger partial charge in [0.25, 0.3) is 5.91 Å². The van der Waals surface area contributed by atoms with Gasteiger partial charge in [0.15, 0.2) is 6.10 Å². The van der Waals surface area contributed by atoms with Crippen LogP contribution in [0.1, 0.15) is 26.2 Å². The number of ether oxygens (including phenoxy) is 2. The van der Waals surface area contributed by atoms with Crippen molar-refractivity contribution >= 4 is 17.6 Å². The normalized spacial score (nSPS) is 16.2. The summed E-state index contributed by atoms with van der Waals surface area (Å²) >= 11 is 0. The molecule has 1 atom stereocenters. The van der Waals surface area contributed by atoms with Crippen LogP contribution in [0.4, 0.5) is 18.9 Å². The molecule has 23 heavy (non-hydrogen) atoms. The molecule has 126 valence electrons. The Balaban J connectivity index is 1.85. The predicted molar refractivity (Wildman–Crippen MR) is 74.6 cm³/mol. The number of anilines is 1. The number of amides is 1. The second-order valence-electron chi connectivity index (χ2n) is 5.27. The summed E-state index contributed by atoms with van der Waals surface area (Å²) < 4.78 is 44.9. The molecule has 0 aromatic heterocycles. The van der Waals surface area contributed by atoms with Crippen LogP contribution in [0.25, 0.3) is 0 Å². The van der Waals surface area contributed by atoms with Crippen molar-refractivity contribution in [3.63, 3.8) is 0 Å². The lowest BCUT2D eigenvalue weighted by atomic mass is 9.86. The summed E-state index contributed by atoms with van der Waals surface area (Å²) in [7, 11) is 0. The smallest absolute Gasteiger partial charge is 0.452 e. The van der Waals surface area contributed by atoms with Crippen molar-refractivity contribution < 1.29 is 32.2 Å². The Morgan fingerprint density at radius 1 is 1.22 bits per heavy atom. The first-order valence-corrected chi connectivity index (χ1v) is 7.12. The van der Waals surface area contributed by atoms with Crippen molar-refractivity contribution in [3.8, 4) is 5.75 Å². The van der Waals surface area contributed by atoms with Gasteiger partial charge in [-0.15, -0.1) is 13.2 Å². The van der Waals surface area contributed by atoms with Gasteiger partial charge < -0.3 is 14.8 Å². The molecule has 1 amide bonds. The predicted octanol–water partition coefficient (Wildman–Crippen LogP) is 3.26. The standard InChI is InChI=1S/C15H16F3NO4/c1-9(22-14(21)10-3-2-4-10)13(20)19-11-5-7-12(8-6-11)23-15(16,17)18/h5-10H,2-4H2,1H3,(H,19,20). The van der Waals surface area contributed by atoms with Gasteiger partial charge >= 0.3 is 12.3 Å². The molecule has 5 nitrogen and oxygen atoms in total. The second kappa shape index (κ2) is 6.89. The third-order valence-corrected chi connectivity index (χ3v) is 3.46. The summed E-state index contributed by atoms with van der Waals surface area (Å²) in [6, 6.07) is 4.68. The molecule has 8 heteroatoms. The molecule has 2 rings (SSSR count). The first-order valence-electron chi connectivity index (χ1n) is 7.12. The van der Waals surface area contributed by atoms with Crippen molar-refractivity contribution in [2.75, 3.05) is 5.32 Å². The lowest BCUT2D eigenvalue weighted by Crippen LogP contribution is -2.34. The highest BCUT2D eigenvalue weighted by Gasteiger charge is 2.31. The van der Waals surface area contributed by atoms with Gasteiger partial charge in [0.1, 0.15) is 5.75 Å². The Kier molecular flexibility index (Phi) is 5.12. The molecular formula is C15H16F3NO4. The Morgan fingerprint density at radius 2 is 1.83 bits per heavy atom. The van der Waals surface area contributed by atoms with Crippen molar-refractivity contribution in [3.05, 3.63) is 24.3 Å². The van der Waals surface area contributed by atoms with E-state index < -0.39 is 24.3 Å². The highest BCUT2D eigenvalue weighted by molar-refractivity contribution is 5.95. The van der Waals surface area contributed by atoms with Gasteiger partial charge in [0.05, 0.1) is 5.92 Å². The van der Waals surface area contributed by atoms with Gasteiger partial charge in [0.2, 0.25) is 0 Å². The van der Waals surface area contributed by atoms with E-state index in [1.807, 2.05) is 0 Å². The number of benzene rings is 1. The molecule has 0 aliphatic heterocycles. The van der Waals surface area contributed by atoms with E-state index in [2.05, 4.69) is 10.1 Å². The Hall–Kier alpha value is -2.25. The molecule has 1 aliphatic rings. The van der Waals surface area contributed by atoms with Gasteiger partial charge in [-0.3, -0.25) is 9.59 Å². The van der Waals surface area contributed by atoms with E-state index >= 15 is 0 Å². The molecule has 0 radical (unpaired) electrons. The molecule has 1 aliphatic carbocycles. The van der Waals surface area contributed by atoms with E-state index in [0.29, 0.717) is 0 Å². The lowest BCUT2D eigenvalue weighted by Gasteiger charge is -2.24. The monoisotopic (exact) mass is 331 g/mol. The number of nitrogens with one attached hydrogen (secondary N) is 1. The molecule has 0 bridgehead atoms. The lowest BCUT2D eigenvalue weighted by molar-refractivity contribution is -0.274. The SMILES string of the molecule is CC(OC(=O)C1CCC1)C(=O)Nc1ccc(OC(F)(F)F)cc1. The topological polar surface area (TPSA) is 64.6 Å². The Morgan fingerprint density at radius 3 is 2.30 bits per heavy atom. The number of rotatable bonds is 5. The average Bonchev–Trinajstić information content (AvgIpc) is 2.37. The van der Waals surface area contributed by atoms with Gasteiger partial charge in [-0.25, -0.2) is 0 Å². The summed E-state index contributed by atoms with van der Waals surface area (Å²) in [6.45, 7) is 1.44. The van der Waals surface area contributed by atoms with E-state index in [9.17, 15) is 22.8 Å². The van der Waals surface area contributed by atoms with Crippen molar-refractivity contribution in [2.24, 2.45) is 5.92 Å². The first-order chi connectivity index (χ1) is 10.7. The second-order valence-corrected chi connectivity index (χ2v) is 5.27. The van der Waals surface area contributed by atoms with Gasteiger partial charge in [-0.1, -0.05) is 6.42 Å². The van der Waals surface area contributed by atoms with Crippen LogP contribution >= 0.6 is 0 Å². The number of hydrogen-bond acceptors (Lipinski definition) is 4. The van der Waals surface area contributed by atoms with Gasteiger partial charge in [-0.05, 0) is 44.0 Å². The molecule has 1 aromatic rings. The maximum Gasteiger partial charge on any atom is 0.573 e. The van der Waals surface area contributed by atoms with Gasteiger partial charge in [-0.2, -0.15) is 0 Å². The summed E-state index contributed by atoms with van der Waals surface area (Å²) in [6.07, 6.45) is -3.22. The zero-order chi connectivity index (χ0) is 17.0. The van der Waals surface area contributed by atoms with Crippen molar-refractivity contribution in [1.29, 1.82) is 0 Å². The summed E-state index contributed by atoms with van der Waals surface area (Å²) in [4.78, 5) is 23.5. The minimum Gasteiger partial charge on any atom is -0.452 e. The molecule has 0 spiro atoms. The fourth-order valence-corrected chi connectivity index (χ4v) is 1.95. The maximum absolute atomic E-state index is 12.0. The zero-order valence-electron chi connectivity index (χ0n) is 12.4. The molecular weight excluding hydrogens is 315 g/mol. The number of halogens is 3. The number of hydrogen-bond donors (Lipinski definition) is 1. The number of carbonyl (C=O) groups excluding carboxylic acids is 2. The van der Waals surface area contributed by atoms with Crippen LogP contribution in [0.2, 0.25) is 0 Å². The minimum absolute atomic E-state index is 0.135. The number of carbonyl (C=O) groups is 2. The number of alkyl halides is 3. The summed E-state index contributed by atoms with van der Waals surface area (Å²) in [5, 5.41) is 2.46. The van der Waals surface area contributed by atoms with Gasteiger partial charge in [0, 0.05) is 5.69 Å². The van der Waals surface area contributed by atoms with E-state index in [0.717, 1.165) is 31.4 Å². The van der Waals surface area contributed by atoms with Crippen LogP contribution in [-0.2, 0) is 14.3 Å². The third-order valence-electron chi connectivity index (χ3n) is 3.46. The molecule has 0 saturated heterocycles. The minimum atomic E-state index is -4.77. The first kappa shape index (κ1) is 17.1. The van der Waals surface area contributed by atoms with Crippen molar-refractivity contribution in [1.82, 2.24) is 0 Å². The van der Waals surface area contributed by atoms with Crippen LogP contribution in [0.15, 0.2) is 24.3 Å². The van der Waals surface area contributed by atoms with Crippen LogP contribution in [0.3, 0.4) is 0 Å². The number of esters is 1.